The standard InChI is InChI=1S/C16H23NO3S/c1-5-20-15(19)13-10(2)9-12(21-13)17-14(18)11-7-6-8-16(11,3)4/h9,11H,5-8H2,1-4H3,(H,17,18). The average molecular weight is 309 g/mol. The lowest BCUT2D eigenvalue weighted by Gasteiger charge is -2.25. The van der Waals surface area contributed by atoms with Crippen LogP contribution in [0.15, 0.2) is 6.07 Å². The van der Waals surface area contributed by atoms with Gasteiger partial charge >= 0.3 is 5.97 Å². The van der Waals surface area contributed by atoms with Crippen molar-refractivity contribution in [2.75, 3.05) is 11.9 Å². The molecular weight excluding hydrogens is 286 g/mol. The van der Waals surface area contributed by atoms with Crippen molar-refractivity contribution in [2.24, 2.45) is 11.3 Å². The molecule has 1 unspecified atom stereocenters. The summed E-state index contributed by atoms with van der Waals surface area (Å²) in [6.45, 7) is 8.29. The van der Waals surface area contributed by atoms with E-state index < -0.39 is 0 Å². The van der Waals surface area contributed by atoms with Crippen LogP contribution in [0.3, 0.4) is 0 Å². The third kappa shape index (κ3) is 3.46. The van der Waals surface area contributed by atoms with Gasteiger partial charge in [0.05, 0.1) is 11.6 Å². The number of esters is 1. The van der Waals surface area contributed by atoms with Crippen molar-refractivity contribution in [2.45, 2.75) is 47.0 Å². The number of rotatable bonds is 4. The Morgan fingerprint density at radius 2 is 2.19 bits per heavy atom. The highest BCUT2D eigenvalue weighted by Gasteiger charge is 2.39. The van der Waals surface area contributed by atoms with Crippen LogP contribution in [0.25, 0.3) is 0 Å². The van der Waals surface area contributed by atoms with Gasteiger partial charge in [-0.25, -0.2) is 4.79 Å². The van der Waals surface area contributed by atoms with Gasteiger partial charge in [0, 0.05) is 5.92 Å². The van der Waals surface area contributed by atoms with E-state index in [2.05, 4.69) is 19.2 Å². The molecule has 0 spiro atoms. The maximum Gasteiger partial charge on any atom is 0.348 e. The number of ether oxygens (including phenoxy) is 1. The molecule has 0 aliphatic heterocycles. The van der Waals surface area contributed by atoms with Gasteiger partial charge in [0.25, 0.3) is 0 Å². The Morgan fingerprint density at radius 3 is 2.76 bits per heavy atom. The van der Waals surface area contributed by atoms with E-state index >= 15 is 0 Å². The number of nitrogens with one attached hydrogen (secondary N) is 1. The summed E-state index contributed by atoms with van der Waals surface area (Å²) in [5, 5.41) is 3.69. The van der Waals surface area contributed by atoms with Crippen molar-refractivity contribution >= 4 is 28.2 Å². The normalized spacial score (nSPS) is 20.3. The van der Waals surface area contributed by atoms with Gasteiger partial charge in [-0.15, -0.1) is 11.3 Å². The highest BCUT2D eigenvalue weighted by Crippen LogP contribution is 2.43. The first-order valence-corrected chi connectivity index (χ1v) is 8.25. The van der Waals surface area contributed by atoms with E-state index in [1.165, 1.54) is 11.3 Å². The Balaban J connectivity index is 2.08. The minimum Gasteiger partial charge on any atom is -0.462 e. The summed E-state index contributed by atoms with van der Waals surface area (Å²) in [7, 11) is 0. The van der Waals surface area contributed by atoms with Gasteiger partial charge in [-0.3, -0.25) is 4.79 Å². The number of hydrogen-bond donors (Lipinski definition) is 1. The SMILES string of the molecule is CCOC(=O)c1sc(NC(=O)C2CCCC2(C)C)cc1C. The molecule has 1 heterocycles. The average Bonchev–Trinajstić information content (AvgIpc) is 2.92. The van der Waals surface area contributed by atoms with Crippen molar-refractivity contribution in [3.05, 3.63) is 16.5 Å². The van der Waals surface area contributed by atoms with Crippen molar-refractivity contribution < 1.29 is 14.3 Å². The van der Waals surface area contributed by atoms with E-state index in [0.29, 0.717) is 11.5 Å². The zero-order chi connectivity index (χ0) is 15.6. The molecule has 1 amide bonds. The Hall–Kier alpha value is -1.36. The van der Waals surface area contributed by atoms with Gasteiger partial charge in [0.1, 0.15) is 4.88 Å². The van der Waals surface area contributed by atoms with E-state index in [9.17, 15) is 9.59 Å². The van der Waals surface area contributed by atoms with Crippen LogP contribution in [0.5, 0.6) is 0 Å². The van der Waals surface area contributed by atoms with Crippen molar-refractivity contribution in [3.63, 3.8) is 0 Å². The second-order valence-corrected chi connectivity index (χ2v) is 7.32. The fourth-order valence-electron chi connectivity index (χ4n) is 2.96. The molecule has 0 bridgehead atoms. The quantitative estimate of drug-likeness (QED) is 0.855. The number of aryl methyl sites for hydroxylation is 1. The first-order valence-electron chi connectivity index (χ1n) is 7.43. The number of anilines is 1. The monoisotopic (exact) mass is 309 g/mol. The summed E-state index contributed by atoms with van der Waals surface area (Å²) in [5.74, 6) is -0.207. The molecule has 1 aromatic rings. The molecule has 0 aromatic carbocycles. The Bertz CT molecular complexity index is 548. The first kappa shape index (κ1) is 16.0. The molecule has 1 saturated carbocycles. The van der Waals surface area contributed by atoms with Crippen LogP contribution in [-0.4, -0.2) is 18.5 Å². The van der Waals surface area contributed by atoms with Gasteiger partial charge in [-0.1, -0.05) is 20.3 Å². The van der Waals surface area contributed by atoms with Crippen LogP contribution in [0.1, 0.15) is 55.3 Å². The highest BCUT2D eigenvalue weighted by atomic mass is 32.1. The van der Waals surface area contributed by atoms with Gasteiger partial charge in [0.2, 0.25) is 5.91 Å². The molecule has 21 heavy (non-hydrogen) atoms. The summed E-state index contributed by atoms with van der Waals surface area (Å²) in [4.78, 5) is 24.8. The molecular formula is C16H23NO3S. The van der Waals surface area contributed by atoms with Gasteiger partial charge in [0.15, 0.2) is 0 Å². The van der Waals surface area contributed by atoms with E-state index in [4.69, 9.17) is 4.74 Å². The summed E-state index contributed by atoms with van der Waals surface area (Å²) in [5.41, 5.74) is 0.903. The third-order valence-corrected chi connectivity index (χ3v) is 5.33. The van der Waals surface area contributed by atoms with E-state index in [0.717, 1.165) is 29.8 Å². The largest absolute Gasteiger partial charge is 0.462 e. The van der Waals surface area contributed by atoms with E-state index in [1.807, 2.05) is 13.0 Å². The lowest BCUT2D eigenvalue weighted by atomic mass is 9.81. The maximum atomic E-state index is 12.4. The number of thiophene rings is 1. The Labute approximate surface area is 129 Å². The van der Waals surface area contributed by atoms with E-state index in [-0.39, 0.29) is 23.2 Å². The molecule has 1 aliphatic carbocycles. The third-order valence-electron chi connectivity index (χ3n) is 4.20. The van der Waals surface area contributed by atoms with Crippen LogP contribution < -0.4 is 5.32 Å². The molecule has 2 rings (SSSR count). The molecule has 116 valence electrons. The number of hydrogen-bond acceptors (Lipinski definition) is 4. The predicted molar refractivity (Wildman–Crippen MR) is 84.8 cm³/mol. The molecule has 1 atom stereocenters. The molecule has 1 fully saturated rings. The molecule has 5 heteroatoms. The number of carbonyl (C=O) groups excluding carboxylic acids is 2. The fourth-order valence-corrected chi connectivity index (χ4v) is 3.93. The molecule has 1 aliphatic rings. The highest BCUT2D eigenvalue weighted by molar-refractivity contribution is 7.18. The van der Waals surface area contributed by atoms with Crippen LogP contribution in [-0.2, 0) is 9.53 Å². The van der Waals surface area contributed by atoms with Crippen molar-refractivity contribution in [1.82, 2.24) is 0 Å². The van der Waals surface area contributed by atoms with Gasteiger partial charge in [-0.05, 0) is 43.7 Å². The number of carbonyl (C=O) groups is 2. The van der Waals surface area contributed by atoms with Gasteiger partial charge in [-0.2, -0.15) is 0 Å². The lowest BCUT2D eigenvalue weighted by molar-refractivity contribution is -0.122. The van der Waals surface area contributed by atoms with E-state index in [1.54, 1.807) is 6.92 Å². The van der Waals surface area contributed by atoms with Crippen LogP contribution in [0, 0.1) is 18.3 Å². The minimum absolute atomic E-state index is 0.0472. The minimum atomic E-state index is -0.318. The van der Waals surface area contributed by atoms with Crippen LogP contribution >= 0.6 is 11.3 Å². The predicted octanol–water partition coefficient (Wildman–Crippen LogP) is 4.00. The zero-order valence-electron chi connectivity index (χ0n) is 13.1. The maximum absolute atomic E-state index is 12.4. The molecule has 1 aromatic heterocycles. The molecule has 4 nitrogen and oxygen atoms in total. The first-order chi connectivity index (χ1) is 9.85. The van der Waals surface area contributed by atoms with Crippen LogP contribution in [0.4, 0.5) is 5.00 Å². The second kappa shape index (κ2) is 6.18. The molecule has 1 N–H and O–H groups in total. The zero-order valence-corrected chi connectivity index (χ0v) is 13.9. The number of amides is 1. The Morgan fingerprint density at radius 1 is 1.48 bits per heavy atom. The summed E-state index contributed by atoms with van der Waals surface area (Å²) in [6, 6.07) is 1.84. The molecule has 0 saturated heterocycles. The van der Waals surface area contributed by atoms with Gasteiger partial charge < -0.3 is 10.1 Å². The second-order valence-electron chi connectivity index (χ2n) is 6.27. The summed E-state index contributed by atoms with van der Waals surface area (Å²) >= 11 is 1.29. The fraction of sp³-hybridized carbons (Fsp3) is 0.625. The van der Waals surface area contributed by atoms with Crippen molar-refractivity contribution in [1.29, 1.82) is 0 Å². The lowest BCUT2D eigenvalue weighted by Crippen LogP contribution is -2.30. The topological polar surface area (TPSA) is 55.4 Å². The molecule has 0 radical (unpaired) electrons. The van der Waals surface area contributed by atoms with Crippen LogP contribution in [0.2, 0.25) is 0 Å². The summed E-state index contributed by atoms with van der Waals surface area (Å²) < 4.78 is 5.02. The summed E-state index contributed by atoms with van der Waals surface area (Å²) in [6.07, 6.45) is 3.12. The smallest absolute Gasteiger partial charge is 0.348 e. The van der Waals surface area contributed by atoms with Crippen molar-refractivity contribution in [3.8, 4) is 0 Å². The Kier molecular flexibility index (Phi) is 4.71.